The molecule has 1 aliphatic heterocycles. The number of amides is 1. The highest BCUT2D eigenvalue weighted by atomic mass is 35.5. The monoisotopic (exact) mass is 389 g/mol. The first-order valence-corrected chi connectivity index (χ1v) is 9.57. The normalized spacial score (nSPS) is 16.9. The zero-order valence-electron chi connectivity index (χ0n) is 15.7. The molecule has 1 unspecified atom stereocenters. The van der Waals surface area contributed by atoms with Crippen LogP contribution in [0.15, 0.2) is 48.5 Å². The first-order chi connectivity index (χ1) is 13.0. The number of hydrogen-bond acceptors (Lipinski definition) is 3. The summed E-state index contributed by atoms with van der Waals surface area (Å²) < 4.78 is 14.0. The fourth-order valence-corrected chi connectivity index (χ4v) is 3.65. The van der Waals surface area contributed by atoms with Crippen LogP contribution in [0.1, 0.15) is 12.5 Å². The predicted molar refractivity (Wildman–Crippen MR) is 108 cm³/mol. The molecule has 0 saturated carbocycles. The molecule has 1 fully saturated rings. The van der Waals surface area contributed by atoms with Crippen molar-refractivity contribution in [1.29, 1.82) is 0 Å². The van der Waals surface area contributed by atoms with Gasteiger partial charge in [0, 0.05) is 56.0 Å². The molecule has 1 amide bonds. The third-order valence-electron chi connectivity index (χ3n) is 5.23. The van der Waals surface area contributed by atoms with Crippen LogP contribution in [0.5, 0.6) is 0 Å². The lowest BCUT2D eigenvalue weighted by atomic mass is 10.1. The fourth-order valence-electron chi connectivity index (χ4n) is 3.43. The maximum absolute atomic E-state index is 14.0. The Hall–Kier alpha value is -1.95. The lowest BCUT2D eigenvalue weighted by Crippen LogP contribution is -2.54. The molecule has 0 bridgehead atoms. The molecule has 2 aromatic rings. The van der Waals surface area contributed by atoms with Gasteiger partial charge in [-0.25, -0.2) is 4.39 Å². The number of anilines is 1. The predicted octanol–water partition coefficient (Wildman–Crippen LogP) is 3.65. The smallest absolute Gasteiger partial charge is 0.243 e. The second-order valence-electron chi connectivity index (χ2n) is 6.92. The number of rotatable bonds is 5. The number of halogens is 2. The number of piperazine rings is 1. The van der Waals surface area contributed by atoms with Crippen LogP contribution < -0.4 is 4.90 Å². The Morgan fingerprint density at radius 3 is 2.41 bits per heavy atom. The minimum Gasteiger partial charge on any atom is -0.314 e. The quantitative estimate of drug-likeness (QED) is 0.781. The summed E-state index contributed by atoms with van der Waals surface area (Å²) in [6.45, 7) is 5.52. The molecule has 144 valence electrons. The maximum atomic E-state index is 14.0. The number of hydrogen-bond donors (Lipinski definition) is 0. The largest absolute Gasteiger partial charge is 0.314 e. The van der Waals surface area contributed by atoms with Crippen LogP contribution in [-0.2, 0) is 11.3 Å². The summed E-state index contributed by atoms with van der Waals surface area (Å²) in [5.74, 6) is -0.190. The van der Waals surface area contributed by atoms with Gasteiger partial charge < -0.3 is 4.90 Å². The van der Waals surface area contributed by atoms with Gasteiger partial charge in [0.05, 0.1) is 6.04 Å². The van der Waals surface area contributed by atoms with Gasteiger partial charge in [0.25, 0.3) is 0 Å². The number of carbonyl (C=O) groups is 1. The molecule has 1 heterocycles. The second kappa shape index (κ2) is 8.83. The number of carbonyl (C=O) groups excluding carboxylic acids is 1. The Morgan fingerprint density at radius 1 is 1.11 bits per heavy atom. The molecule has 0 radical (unpaired) electrons. The molecule has 27 heavy (non-hydrogen) atoms. The second-order valence-corrected chi connectivity index (χ2v) is 7.33. The van der Waals surface area contributed by atoms with Gasteiger partial charge in [0.1, 0.15) is 5.82 Å². The van der Waals surface area contributed by atoms with Crippen molar-refractivity contribution < 1.29 is 9.18 Å². The highest BCUT2D eigenvalue weighted by Gasteiger charge is 2.28. The van der Waals surface area contributed by atoms with E-state index in [0.29, 0.717) is 17.1 Å². The molecular formula is C21H25ClFN3O. The Kier molecular flexibility index (Phi) is 6.47. The topological polar surface area (TPSA) is 26.8 Å². The van der Waals surface area contributed by atoms with Crippen LogP contribution in [-0.4, -0.2) is 55.0 Å². The van der Waals surface area contributed by atoms with Crippen LogP contribution in [0.3, 0.4) is 0 Å². The molecule has 0 spiro atoms. The summed E-state index contributed by atoms with van der Waals surface area (Å²) in [5, 5.41) is 0.463. The molecule has 2 aromatic carbocycles. The summed E-state index contributed by atoms with van der Waals surface area (Å²) in [7, 11) is 1.81. The van der Waals surface area contributed by atoms with E-state index in [9.17, 15) is 9.18 Å². The van der Waals surface area contributed by atoms with Crippen molar-refractivity contribution in [3.05, 3.63) is 64.9 Å². The fraction of sp³-hybridized carbons (Fsp3) is 0.381. The lowest BCUT2D eigenvalue weighted by molar-refractivity contribution is -0.123. The van der Waals surface area contributed by atoms with Crippen LogP contribution in [0, 0.1) is 5.82 Å². The average Bonchev–Trinajstić information content (AvgIpc) is 2.70. The molecule has 6 heteroatoms. The minimum absolute atomic E-state index is 0.0757. The van der Waals surface area contributed by atoms with E-state index in [1.54, 1.807) is 17.0 Å². The molecular weight excluding hydrogens is 365 g/mol. The Balaban J connectivity index is 1.56. The standard InChI is InChI=1S/C21H25ClFN3O/c1-16(21(27)24(2)17-7-4-3-5-8-17)26-13-11-25(12-14-26)15-18-19(22)9-6-10-20(18)23/h3-10,16H,11-15H2,1-2H3. The third kappa shape index (κ3) is 4.67. The third-order valence-corrected chi connectivity index (χ3v) is 5.58. The SMILES string of the molecule is CC(C(=O)N(C)c1ccccc1)N1CCN(Cc2c(F)cccc2Cl)CC1. The van der Waals surface area contributed by atoms with Crippen molar-refractivity contribution in [3.8, 4) is 0 Å². The van der Waals surface area contributed by atoms with Gasteiger partial charge >= 0.3 is 0 Å². The number of nitrogens with zero attached hydrogens (tertiary/aromatic N) is 3. The van der Waals surface area contributed by atoms with Crippen LogP contribution in [0.4, 0.5) is 10.1 Å². The molecule has 4 nitrogen and oxygen atoms in total. The van der Waals surface area contributed by atoms with Gasteiger partial charge in [-0.3, -0.25) is 14.6 Å². The van der Waals surface area contributed by atoms with Gasteiger partial charge in [-0.2, -0.15) is 0 Å². The molecule has 1 aliphatic rings. The van der Waals surface area contributed by atoms with Crippen molar-refractivity contribution in [2.24, 2.45) is 0 Å². The van der Waals surface area contributed by atoms with Crippen LogP contribution in [0.25, 0.3) is 0 Å². The van der Waals surface area contributed by atoms with E-state index >= 15 is 0 Å². The summed E-state index contributed by atoms with van der Waals surface area (Å²) >= 11 is 6.14. The molecule has 1 atom stereocenters. The van der Waals surface area contributed by atoms with Gasteiger partial charge in [-0.05, 0) is 31.2 Å². The molecule has 3 rings (SSSR count). The summed E-state index contributed by atoms with van der Waals surface area (Å²) in [6.07, 6.45) is 0. The van der Waals surface area contributed by atoms with Gasteiger partial charge in [0.2, 0.25) is 5.91 Å². The molecule has 0 N–H and O–H groups in total. The van der Waals surface area contributed by atoms with E-state index in [2.05, 4.69) is 9.80 Å². The Labute approximate surface area is 165 Å². The van der Waals surface area contributed by atoms with E-state index in [1.165, 1.54) is 6.07 Å². The molecule has 0 aromatic heterocycles. The zero-order valence-corrected chi connectivity index (χ0v) is 16.5. The van der Waals surface area contributed by atoms with Crippen molar-refractivity contribution >= 4 is 23.2 Å². The molecule has 1 saturated heterocycles. The Bertz CT molecular complexity index is 758. The number of benzene rings is 2. The van der Waals surface area contributed by atoms with Gasteiger partial charge in [-0.1, -0.05) is 35.9 Å². The molecule has 0 aliphatic carbocycles. The number of para-hydroxylation sites is 1. The van der Waals surface area contributed by atoms with Gasteiger partial charge in [-0.15, -0.1) is 0 Å². The van der Waals surface area contributed by atoms with Crippen molar-refractivity contribution in [3.63, 3.8) is 0 Å². The Morgan fingerprint density at radius 2 is 1.78 bits per heavy atom. The summed E-state index contributed by atoms with van der Waals surface area (Å²) in [5.41, 5.74) is 1.43. The summed E-state index contributed by atoms with van der Waals surface area (Å²) in [6, 6.07) is 14.2. The minimum atomic E-state index is -0.266. The van der Waals surface area contributed by atoms with E-state index in [4.69, 9.17) is 11.6 Å². The maximum Gasteiger partial charge on any atom is 0.243 e. The highest BCUT2D eigenvalue weighted by molar-refractivity contribution is 6.31. The first-order valence-electron chi connectivity index (χ1n) is 9.19. The van der Waals surface area contributed by atoms with Crippen molar-refractivity contribution in [2.45, 2.75) is 19.5 Å². The van der Waals surface area contributed by atoms with Crippen molar-refractivity contribution in [1.82, 2.24) is 9.80 Å². The zero-order chi connectivity index (χ0) is 19.4. The van der Waals surface area contributed by atoms with Gasteiger partial charge in [0.15, 0.2) is 0 Å². The van der Waals surface area contributed by atoms with E-state index < -0.39 is 0 Å². The highest BCUT2D eigenvalue weighted by Crippen LogP contribution is 2.22. The number of likely N-dealkylation sites (N-methyl/N-ethyl adjacent to an activating group) is 1. The lowest BCUT2D eigenvalue weighted by Gasteiger charge is -2.38. The van der Waals surface area contributed by atoms with E-state index in [-0.39, 0.29) is 17.8 Å². The first kappa shape index (κ1) is 19.8. The summed E-state index contributed by atoms with van der Waals surface area (Å²) in [4.78, 5) is 18.9. The van der Waals surface area contributed by atoms with Crippen LogP contribution >= 0.6 is 11.6 Å². The van der Waals surface area contributed by atoms with Crippen LogP contribution in [0.2, 0.25) is 5.02 Å². The van der Waals surface area contributed by atoms with Crippen molar-refractivity contribution in [2.75, 3.05) is 38.1 Å². The average molecular weight is 390 g/mol. The van der Waals surface area contributed by atoms with E-state index in [0.717, 1.165) is 31.9 Å². The van der Waals surface area contributed by atoms with E-state index in [1.807, 2.05) is 44.3 Å².